The van der Waals surface area contributed by atoms with E-state index in [0.717, 1.165) is 25.3 Å². The highest BCUT2D eigenvalue weighted by Crippen LogP contribution is 2.26. The van der Waals surface area contributed by atoms with Gasteiger partial charge in [-0.2, -0.15) is 0 Å². The molecule has 133 valence electrons. The smallest absolute Gasteiger partial charge is 0.250 e. The van der Waals surface area contributed by atoms with Gasteiger partial charge >= 0.3 is 0 Å². The number of hydrogen-bond acceptors (Lipinski definition) is 3. The van der Waals surface area contributed by atoms with Gasteiger partial charge in [0.05, 0.1) is 0 Å². The van der Waals surface area contributed by atoms with Gasteiger partial charge in [-0.05, 0) is 31.3 Å². The summed E-state index contributed by atoms with van der Waals surface area (Å²) in [7, 11) is 7.79. The maximum atomic E-state index is 12.1. The average molecular weight is 330 g/mol. The number of likely N-dealkylation sites (N-methyl/N-ethyl adjacent to an activating group) is 2. The largest absolute Gasteiger partial charge is 0.312 e. The Hall–Kier alpha value is -1.59. The van der Waals surface area contributed by atoms with E-state index in [4.69, 9.17) is 0 Å². The van der Waals surface area contributed by atoms with Gasteiger partial charge in [0.15, 0.2) is 0 Å². The maximum Gasteiger partial charge on any atom is 0.250 e. The summed E-state index contributed by atoms with van der Waals surface area (Å²) in [6.45, 7) is 10.5. The summed E-state index contributed by atoms with van der Waals surface area (Å²) >= 11 is 0. The zero-order valence-electron chi connectivity index (χ0n) is 16.4. The first-order valence-corrected chi connectivity index (χ1v) is 8.65. The molecule has 1 aromatic carbocycles. The van der Waals surface area contributed by atoms with Gasteiger partial charge in [0.25, 0.3) is 0 Å². The lowest BCUT2D eigenvalue weighted by Gasteiger charge is -2.19. The Bertz CT molecular complexity index is 515. The molecule has 0 bridgehead atoms. The number of amides is 1. The van der Waals surface area contributed by atoms with Crippen molar-refractivity contribution in [3.05, 3.63) is 41.5 Å². The molecule has 0 saturated heterocycles. The molecule has 2 rings (SSSR count). The molecule has 1 N–H and O–H groups in total. The molecule has 5 heteroatoms. The second-order valence-electron chi connectivity index (χ2n) is 5.66. The number of nitrogens with one attached hydrogen (secondary N) is 1. The van der Waals surface area contributed by atoms with E-state index >= 15 is 0 Å². The first kappa shape index (κ1) is 22.4. The van der Waals surface area contributed by atoms with Crippen molar-refractivity contribution in [2.45, 2.75) is 40.6 Å². The molecule has 24 heavy (non-hydrogen) atoms. The van der Waals surface area contributed by atoms with Crippen molar-refractivity contribution in [2.75, 3.05) is 32.6 Å². The van der Waals surface area contributed by atoms with Gasteiger partial charge in [-0.1, -0.05) is 45.7 Å². The normalized spacial score (nSPS) is 12.0. The third-order valence-corrected chi connectivity index (χ3v) is 3.29. The molecular weight excluding hydrogens is 297 g/mol. The summed E-state index contributed by atoms with van der Waals surface area (Å²) < 4.78 is 0. The van der Waals surface area contributed by atoms with Crippen LogP contribution in [0.1, 0.15) is 25.0 Å². The molecule has 0 spiro atoms. The van der Waals surface area contributed by atoms with Gasteiger partial charge in [-0.3, -0.25) is 4.79 Å². The number of fused-ring (bicyclic) bond motifs is 1. The molecule has 1 aliphatic heterocycles. The lowest BCUT2D eigenvalue weighted by atomic mass is 9.88. The second-order valence-corrected chi connectivity index (χ2v) is 5.66. The Kier molecular flexibility index (Phi) is 11.9. The Morgan fingerprint density at radius 3 is 2.42 bits per heavy atom. The number of carbonyl (C=O) groups excluding carboxylic acids is 1. The van der Waals surface area contributed by atoms with Crippen LogP contribution in [0.4, 0.5) is 5.69 Å². The van der Waals surface area contributed by atoms with E-state index in [0.29, 0.717) is 0 Å². The summed E-state index contributed by atoms with van der Waals surface area (Å²) in [6.07, 6.45) is 3.53. The van der Waals surface area contributed by atoms with E-state index in [-0.39, 0.29) is 5.91 Å². The van der Waals surface area contributed by atoms with Crippen LogP contribution >= 0.6 is 0 Å². The summed E-state index contributed by atoms with van der Waals surface area (Å²) in [5.74, 6) is 0.0159. The number of benzene rings is 1. The molecule has 1 aliphatic rings. The zero-order valence-corrected chi connectivity index (χ0v) is 16.4. The van der Waals surface area contributed by atoms with Crippen LogP contribution in [-0.2, 0) is 17.9 Å². The topological polar surface area (TPSA) is 35.6 Å². The van der Waals surface area contributed by atoms with Crippen LogP contribution in [0, 0.1) is 0 Å². The van der Waals surface area contributed by atoms with E-state index in [9.17, 15) is 4.79 Å². The fraction of sp³-hybridized carbons (Fsp3) is 0.526. The lowest BCUT2D eigenvalue weighted by molar-refractivity contribution is -0.113. The van der Waals surface area contributed by atoms with Crippen molar-refractivity contribution in [3.63, 3.8) is 0 Å². The summed E-state index contributed by atoms with van der Waals surface area (Å²) in [5.41, 5.74) is 3.52. The van der Waals surface area contributed by atoms with Crippen molar-refractivity contribution in [3.8, 4) is 0 Å². The fourth-order valence-corrected chi connectivity index (χ4v) is 2.22. The van der Waals surface area contributed by atoms with Gasteiger partial charge in [-0.15, -0.1) is 0 Å². The third kappa shape index (κ3) is 7.32. The van der Waals surface area contributed by atoms with Crippen LogP contribution in [0.5, 0.6) is 0 Å². The molecule has 1 radical (unpaired) electrons. The predicted molar refractivity (Wildman–Crippen MR) is 107 cm³/mol. The lowest BCUT2D eigenvalue weighted by Crippen LogP contribution is -2.25. The van der Waals surface area contributed by atoms with E-state index < -0.39 is 0 Å². The van der Waals surface area contributed by atoms with Crippen LogP contribution in [0.2, 0.25) is 13.6 Å². The molecule has 1 heterocycles. The van der Waals surface area contributed by atoms with Crippen molar-refractivity contribution < 1.29 is 4.79 Å². The van der Waals surface area contributed by atoms with Crippen molar-refractivity contribution >= 4 is 18.9 Å². The number of nitrogens with zero attached hydrogens (tertiary/aromatic N) is 2. The molecule has 4 nitrogen and oxygen atoms in total. The molecule has 0 atom stereocenters. The van der Waals surface area contributed by atoms with Gasteiger partial charge in [0, 0.05) is 38.4 Å². The van der Waals surface area contributed by atoms with Gasteiger partial charge in [-0.25, -0.2) is 0 Å². The van der Waals surface area contributed by atoms with E-state index in [1.807, 2.05) is 79.0 Å². The van der Waals surface area contributed by atoms with E-state index in [1.54, 1.807) is 11.0 Å². The molecule has 1 amide bonds. The van der Waals surface area contributed by atoms with Crippen LogP contribution < -0.4 is 10.2 Å². The van der Waals surface area contributed by atoms with Gasteiger partial charge < -0.3 is 15.1 Å². The summed E-state index contributed by atoms with van der Waals surface area (Å²) in [5, 5.41) is 3.32. The number of carbonyl (C=O) groups is 1. The highest BCUT2D eigenvalue weighted by Gasteiger charge is 2.18. The number of rotatable bonds is 4. The Labute approximate surface area is 149 Å². The molecule has 0 aliphatic carbocycles. The first-order chi connectivity index (χ1) is 11.5. The first-order valence-electron chi connectivity index (χ1n) is 8.65. The van der Waals surface area contributed by atoms with Crippen LogP contribution in [-0.4, -0.2) is 45.8 Å². The monoisotopic (exact) mass is 330 g/mol. The van der Waals surface area contributed by atoms with Crippen molar-refractivity contribution in [1.82, 2.24) is 10.2 Å². The summed E-state index contributed by atoms with van der Waals surface area (Å²) in [4.78, 5) is 15.9. The predicted octanol–water partition coefficient (Wildman–Crippen LogP) is 3.18. The molecule has 1 aromatic rings. The molecular formula is C19H33BN3O. The second kappa shape index (κ2) is 12.8. The van der Waals surface area contributed by atoms with Crippen LogP contribution in [0.25, 0.3) is 0 Å². The Morgan fingerprint density at radius 1 is 1.21 bits per heavy atom. The quantitative estimate of drug-likeness (QED) is 0.680. The molecule has 0 unspecified atom stereocenters. The van der Waals surface area contributed by atoms with E-state index in [2.05, 4.69) is 11.4 Å². The molecule has 0 fully saturated rings. The average Bonchev–Trinajstić information content (AvgIpc) is 3.05. The van der Waals surface area contributed by atoms with Gasteiger partial charge in [0.2, 0.25) is 5.91 Å². The van der Waals surface area contributed by atoms with Crippen LogP contribution in [0.3, 0.4) is 0 Å². The number of hydrogen-bond donors (Lipinski definition) is 1. The highest BCUT2D eigenvalue weighted by molar-refractivity contribution is 6.31. The minimum atomic E-state index is 0.0159. The number of anilines is 1. The highest BCUT2D eigenvalue weighted by atomic mass is 16.2. The Morgan fingerprint density at radius 2 is 1.83 bits per heavy atom. The summed E-state index contributed by atoms with van der Waals surface area (Å²) in [6, 6.07) is 6.12. The Balaban J connectivity index is 0.000000952. The SMILES string of the molecule is CC.CN(C)C/C=C/C(=O)N(C)c1cccc2c1CNC2.C[B]C. The zero-order chi connectivity index (χ0) is 18.5. The van der Waals surface area contributed by atoms with Crippen molar-refractivity contribution in [1.29, 1.82) is 0 Å². The standard InChI is InChI=1S/C15H21N3O.C2H6B.C2H6/c1-17(2)9-5-8-15(19)18(3)14-7-4-6-12-10-16-11-13(12)14;1-3-2;1-2/h4-8,16H,9-11H2,1-3H3;1-2H3;1-2H3/b8-5+;;. The third-order valence-electron chi connectivity index (χ3n) is 3.29. The fourth-order valence-electron chi connectivity index (χ4n) is 2.22. The van der Waals surface area contributed by atoms with Crippen molar-refractivity contribution in [2.24, 2.45) is 0 Å². The minimum absolute atomic E-state index is 0.0159. The molecule has 0 aromatic heterocycles. The molecule has 0 saturated carbocycles. The van der Waals surface area contributed by atoms with Crippen LogP contribution in [0.15, 0.2) is 30.4 Å². The maximum absolute atomic E-state index is 12.1. The van der Waals surface area contributed by atoms with E-state index in [1.165, 1.54) is 11.1 Å². The van der Waals surface area contributed by atoms with Gasteiger partial charge in [0.1, 0.15) is 7.28 Å². The minimum Gasteiger partial charge on any atom is -0.312 e.